The normalized spacial score (nSPS) is 12.0. The molecule has 3 aromatic rings. The molecule has 2 heterocycles. The maximum absolute atomic E-state index is 12.4. The number of esters is 1. The van der Waals surface area contributed by atoms with E-state index in [9.17, 15) is 4.79 Å². The van der Waals surface area contributed by atoms with Gasteiger partial charge in [0.25, 0.3) is 0 Å². The number of thioether (sulfide) groups is 1. The molecular weight excluding hydrogens is 434 g/mol. The van der Waals surface area contributed by atoms with Gasteiger partial charge < -0.3 is 9.47 Å². The maximum Gasteiger partial charge on any atom is 0.319 e. The molecule has 0 radical (unpaired) electrons. The molecule has 0 aliphatic heterocycles. The van der Waals surface area contributed by atoms with Crippen LogP contribution in [0, 0.1) is 0 Å². The first kappa shape index (κ1) is 23.3. The predicted octanol–water partition coefficient (Wildman–Crippen LogP) is 6.46. The van der Waals surface area contributed by atoms with E-state index in [1.54, 1.807) is 19.2 Å². The lowest BCUT2D eigenvalue weighted by Crippen LogP contribution is -2.20. The van der Waals surface area contributed by atoms with Crippen LogP contribution in [-0.4, -0.2) is 32.8 Å². The van der Waals surface area contributed by atoms with Gasteiger partial charge in [0.2, 0.25) is 5.88 Å². The minimum Gasteiger partial charge on any atom is -0.465 e. The monoisotopic (exact) mass is 459 g/mol. The Kier molecular flexibility index (Phi) is 8.91. The van der Waals surface area contributed by atoms with Crippen molar-refractivity contribution in [3.8, 4) is 11.6 Å². The lowest BCUT2D eigenvalue weighted by Gasteiger charge is -2.15. The maximum atomic E-state index is 12.4. The van der Waals surface area contributed by atoms with E-state index in [-0.39, 0.29) is 16.4 Å². The van der Waals surface area contributed by atoms with Crippen LogP contribution in [0.5, 0.6) is 11.6 Å². The van der Waals surface area contributed by atoms with Crippen LogP contribution in [0.25, 0.3) is 10.9 Å². The van der Waals surface area contributed by atoms with Crippen LogP contribution in [-0.2, 0) is 9.53 Å². The lowest BCUT2D eigenvalue weighted by molar-refractivity contribution is -0.142. The zero-order chi connectivity index (χ0) is 22.1. The second-order valence-electron chi connectivity index (χ2n) is 6.98. The highest BCUT2D eigenvalue weighted by Gasteiger charge is 2.23. The molecule has 6 nitrogen and oxygen atoms in total. The zero-order valence-electron chi connectivity index (χ0n) is 17.7. The molecule has 0 aliphatic carbocycles. The number of hydrogen-bond donors (Lipinski definition) is 0. The van der Waals surface area contributed by atoms with Crippen molar-refractivity contribution in [1.29, 1.82) is 0 Å². The summed E-state index contributed by atoms with van der Waals surface area (Å²) >= 11 is 7.48. The number of carbonyl (C=O) groups excluding carboxylic acids is 1. The third kappa shape index (κ3) is 7.08. The lowest BCUT2D eigenvalue weighted by atomic mass is 10.1. The summed E-state index contributed by atoms with van der Waals surface area (Å²) < 4.78 is 11.2. The molecular formula is C23H26ClN3O3S. The Morgan fingerprint density at radius 3 is 2.81 bits per heavy atom. The van der Waals surface area contributed by atoms with Crippen molar-refractivity contribution >= 4 is 40.2 Å². The standard InChI is InChI=1S/C23H26ClN3O3S/c1-3-5-6-7-10-19(22(28)29-4-2)31-23-26-20(24)15-21(27-23)30-17-11-12-18-16(14-17)9-8-13-25-18/h8-9,11-15,19H,3-7,10H2,1-2H3. The van der Waals surface area contributed by atoms with Crippen LogP contribution in [0.1, 0.15) is 46.0 Å². The van der Waals surface area contributed by atoms with Gasteiger partial charge in [-0.1, -0.05) is 62.0 Å². The van der Waals surface area contributed by atoms with Crippen LogP contribution in [0.15, 0.2) is 47.8 Å². The van der Waals surface area contributed by atoms with Crippen LogP contribution in [0.4, 0.5) is 0 Å². The van der Waals surface area contributed by atoms with Crippen molar-refractivity contribution < 1.29 is 14.3 Å². The van der Waals surface area contributed by atoms with Gasteiger partial charge in [0.05, 0.1) is 12.1 Å². The number of aromatic nitrogens is 3. The predicted molar refractivity (Wildman–Crippen MR) is 124 cm³/mol. The van der Waals surface area contributed by atoms with Crippen molar-refractivity contribution in [2.75, 3.05) is 6.61 Å². The molecule has 1 atom stereocenters. The van der Waals surface area contributed by atoms with E-state index in [4.69, 9.17) is 21.1 Å². The first-order valence-electron chi connectivity index (χ1n) is 10.5. The summed E-state index contributed by atoms with van der Waals surface area (Å²) in [6.07, 6.45) is 6.76. The third-order valence-corrected chi connectivity index (χ3v) is 5.86. The van der Waals surface area contributed by atoms with Gasteiger partial charge in [-0.2, -0.15) is 4.98 Å². The number of rotatable bonds is 11. The molecule has 0 N–H and O–H groups in total. The van der Waals surface area contributed by atoms with Gasteiger partial charge in [0.15, 0.2) is 5.16 Å². The Morgan fingerprint density at radius 2 is 2.00 bits per heavy atom. The second kappa shape index (κ2) is 11.9. The number of halogens is 1. The molecule has 31 heavy (non-hydrogen) atoms. The Bertz CT molecular complexity index is 1020. The summed E-state index contributed by atoms with van der Waals surface area (Å²) in [4.78, 5) is 25.5. The molecule has 164 valence electrons. The van der Waals surface area contributed by atoms with Gasteiger partial charge in [-0.25, -0.2) is 4.98 Å². The van der Waals surface area contributed by atoms with E-state index in [1.165, 1.54) is 11.8 Å². The molecule has 2 aromatic heterocycles. The molecule has 0 aliphatic rings. The number of hydrogen-bond acceptors (Lipinski definition) is 7. The van der Waals surface area contributed by atoms with Crippen molar-refractivity contribution in [2.24, 2.45) is 0 Å². The molecule has 8 heteroatoms. The first-order valence-corrected chi connectivity index (χ1v) is 11.7. The number of ether oxygens (including phenoxy) is 2. The van der Waals surface area contributed by atoms with Crippen molar-refractivity contribution in [1.82, 2.24) is 15.0 Å². The highest BCUT2D eigenvalue weighted by Crippen LogP contribution is 2.30. The van der Waals surface area contributed by atoms with Crippen molar-refractivity contribution in [3.05, 3.63) is 47.7 Å². The van der Waals surface area contributed by atoms with Gasteiger partial charge in [0.1, 0.15) is 16.2 Å². The van der Waals surface area contributed by atoms with Gasteiger partial charge in [-0.15, -0.1) is 0 Å². The Hall–Kier alpha value is -2.38. The summed E-state index contributed by atoms with van der Waals surface area (Å²) in [6, 6.07) is 11.0. The molecule has 3 rings (SSSR count). The van der Waals surface area contributed by atoms with Crippen LogP contribution < -0.4 is 4.74 Å². The first-order chi connectivity index (χ1) is 15.1. The summed E-state index contributed by atoms with van der Waals surface area (Å²) in [5.74, 6) is 0.684. The SMILES string of the molecule is CCCCCCC(Sc1nc(Cl)cc(Oc2ccc3ncccc3c2)n1)C(=O)OCC. The van der Waals surface area contributed by atoms with E-state index < -0.39 is 0 Å². The smallest absolute Gasteiger partial charge is 0.319 e. The highest BCUT2D eigenvalue weighted by molar-refractivity contribution is 8.00. The summed E-state index contributed by atoms with van der Waals surface area (Å²) in [7, 11) is 0. The van der Waals surface area contributed by atoms with E-state index in [0.717, 1.165) is 36.6 Å². The van der Waals surface area contributed by atoms with Crippen LogP contribution >= 0.6 is 23.4 Å². The van der Waals surface area contributed by atoms with Crippen LogP contribution in [0.2, 0.25) is 5.15 Å². The number of fused-ring (bicyclic) bond motifs is 1. The van der Waals surface area contributed by atoms with Crippen molar-refractivity contribution in [3.63, 3.8) is 0 Å². The molecule has 1 aromatic carbocycles. The van der Waals surface area contributed by atoms with Gasteiger partial charge in [-0.3, -0.25) is 9.78 Å². The fraction of sp³-hybridized carbons (Fsp3) is 0.391. The van der Waals surface area contributed by atoms with E-state index in [0.29, 0.717) is 29.8 Å². The molecule has 0 spiro atoms. The number of benzene rings is 1. The van der Waals surface area contributed by atoms with Crippen LogP contribution in [0.3, 0.4) is 0 Å². The Balaban J connectivity index is 1.74. The summed E-state index contributed by atoms with van der Waals surface area (Å²) in [6.45, 7) is 4.30. The number of unbranched alkanes of at least 4 members (excludes halogenated alkanes) is 3. The molecule has 1 unspecified atom stereocenters. The fourth-order valence-corrected chi connectivity index (χ4v) is 4.28. The summed E-state index contributed by atoms with van der Waals surface area (Å²) in [5, 5.41) is 1.22. The van der Waals surface area contributed by atoms with E-state index in [1.807, 2.05) is 30.3 Å². The van der Waals surface area contributed by atoms with E-state index in [2.05, 4.69) is 21.9 Å². The fourth-order valence-electron chi connectivity index (χ4n) is 3.06. The number of pyridine rings is 1. The quantitative estimate of drug-likeness (QED) is 0.107. The van der Waals surface area contributed by atoms with E-state index >= 15 is 0 Å². The number of carbonyl (C=O) groups is 1. The summed E-state index contributed by atoms with van der Waals surface area (Å²) in [5.41, 5.74) is 0.882. The molecule has 0 saturated heterocycles. The van der Waals surface area contributed by atoms with Gasteiger partial charge >= 0.3 is 5.97 Å². The Morgan fingerprint density at radius 1 is 1.13 bits per heavy atom. The molecule has 0 saturated carbocycles. The van der Waals surface area contributed by atoms with Crippen molar-refractivity contribution in [2.45, 2.75) is 56.4 Å². The van der Waals surface area contributed by atoms with Gasteiger partial charge in [0, 0.05) is 17.6 Å². The third-order valence-electron chi connectivity index (χ3n) is 4.56. The topological polar surface area (TPSA) is 74.2 Å². The zero-order valence-corrected chi connectivity index (χ0v) is 19.3. The molecule has 0 fully saturated rings. The average Bonchev–Trinajstić information content (AvgIpc) is 2.75. The average molecular weight is 460 g/mol. The Labute approximate surface area is 191 Å². The molecule has 0 amide bonds. The van der Waals surface area contributed by atoms with Gasteiger partial charge in [-0.05, 0) is 37.6 Å². The minimum atomic E-state index is -0.380. The highest BCUT2D eigenvalue weighted by atomic mass is 35.5. The molecule has 0 bridgehead atoms. The largest absolute Gasteiger partial charge is 0.465 e. The number of nitrogens with zero attached hydrogens (tertiary/aromatic N) is 3. The second-order valence-corrected chi connectivity index (χ2v) is 8.54. The minimum absolute atomic E-state index is 0.253.